The van der Waals surface area contributed by atoms with Gasteiger partial charge in [-0.05, 0) is 52.2 Å². The minimum atomic E-state index is -0.494. The smallest absolute Gasteiger partial charge is 0.410 e. The summed E-state index contributed by atoms with van der Waals surface area (Å²) in [5.74, 6) is 0.130. The van der Waals surface area contributed by atoms with E-state index in [0.29, 0.717) is 39.0 Å². The van der Waals surface area contributed by atoms with Crippen molar-refractivity contribution < 1.29 is 14.3 Å². The summed E-state index contributed by atoms with van der Waals surface area (Å²) in [5, 5.41) is 0. The minimum Gasteiger partial charge on any atom is -0.444 e. The van der Waals surface area contributed by atoms with Gasteiger partial charge in [0.05, 0.1) is 0 Å². The van der Waals surface area contributed by atoms with Gasteiger partial charge in [0.15, 0.2) is 0 Å². The van der Waals surface area contributed by atoms with Crippen LogP contribution in [0.25, 0.3) is 0 Å². The van der Waals surface area contributed by atoms with Crippen LogP contribution in [0.5, 0.6) is 0 Å². The minimum absolute atomic E-state index is 0.0321. The zero-order valence-corrected chi connectivity index (χ0v) is 15.7. The molecule has 2 rings (SSSR count). The highest BCUT2D eigenvalue weighted by atomic mass is 16.6. The second kappa shape index (κ2) is 8.32. The van der Waals surface area contributed by atoms with Crippen molar-refractivity contribution in [2.45, 2.75) is 52.7 Å². The van der Waals surface area contributed by atoms with Gasteiger partial charge in [-0.2, -0.15) is 0 Å². The predicted molar refractivity (Wildman–Crippen MR) is 95.9 cm³/mol. The van der Waals surface area contributed by atoms with Crippen LogP contribution in [0.15, 0.2) is 24.5 Å². The van der Waals surface area contributed by atoms with E-state index in [-0.39, 0.29) is 17.9 Å². The highest BCUT2D eigenvalue weighted by molar-refractivity contribution is 5.79. The lowest BCUT2D eigenvalue weighted by molar-refractivity contribution is -0.137. The van der Waals surface area contributed by atoms with Gasteiger partial charge in [0.25, 0.3) is 0 Å². The Kier molecular flexibility index (Phi) is 6.39. The van der Waals surface area contributed by atoms with Crippen molar-refractivity contribution in [2.24, 2.45) is 5.92 Å². The molecular formula is C19H29N3O3. The maximum Gasteiger partial charge on any atom is 0.410 e. The molecule has 0 unspecified atom stereocenters. The number of hydrogen-bond donors (Lipinski definition) is 0. The van der Waals surface area contributed by atoms with Crippen LogP contribution in [-0.4, -0.2) is 52.0 Å². The van der Waals surface area contributed by atoms with Crippen LogP contribution in [0, 0.1) is 5.92 Å². The zero-order chi connectivity index (χ0) is 18.4. The molecule has 6 nitrogen and oxygen atoms in total. The summed E-state index contributed by atoms with van der Waals surface area (Å²) in [5.41, 5.74) is 0.538. The van der Waals surface area contributed by atoms with E-state index in [9.17, 15) is 9.59 Å². The van der Waals surface area contributed by atoms with Crippen LogP contribution >= 0.6 is 0 Å². The monoisotopic (exact) mass is 347 g/mol. The van der Waals surface area contributed by atoms with Crippen LogP contribution in [-0.2, 0) is 16.1 Å². The lowest BCUT2D eigenvalue weighted by Crippen LogP contribution is -2.45. The summed E-state index contributed by atoms with van der Waals surface area (Å²) in [4.78, 5) is 32.6. The molecule has 0 spiro atoms. The van der Waals surface area contributed by atoms with Gasteiger partial charge in [-0.15, -0.1) is 0 Å². The molecule has 1 aromatic heterocycles. The number of pyridine rings is 1. The number of carbonyl (C=O) groups excluding carboxylic acids is 2. The molecule has 6 heteroatoms. The number of aromatic nitrogens is 1. The summed E-state index contributed by atoms with van der Waals surface area (Å²) < 4.78 is 5.41. The van der Waals surface area contributed by atoms with Gasteiger partial charge in [0.2, 0.25) is 5.91 Å². The van der Waals surface area contributed by atoms with E-state index in [1.165, 1.54) is 0 Å². The highest BCUT2D eigenvalue weighted by Crippen LogP contribution is 2.22. The van der Waals surface area contributed by atoms with Gasteiger partial charge in [0, 0.05) is 44.5 Å². The van der Waals surface area contributed by atoms with E-state index in [1.54, 1.807) is 17.3 Å². The fourth-order valence-corrected chi connectivity index (χ4v) is 2.95. The maximum absolute atomic E-state index is 12.8. The van der Waals surface area contributed by atoms with Crippen molar-refractivity contribution in [3.05, 3.63) is 30.1 Å². The molecule has 1 aliphatic rings. The summed E-state index contributed by atoms with van der Waals surface area (Å²) in [6, 6.07) is 3.86. The third-order valence-electron chi connectivity index (χ3n) is 4.29. The Bertz CT molecular complexity index is 575. The summed E-state index contributed by atoms with van der Waals surface area (Å²) in [6.07, 6.45) is 4.60. The molecule has 1 saturated heterocycles. The molecule has 2 heterocycles. The number of piperidine rings is 1. The van der Waals surface area contributed by atoms with E-state index in [1.807, 2.05) is 44.7 Å². The van der Waals surface area contributed by atoms with Gasteiger partial charge in [-0.25, -0.2) is 4.79 Å². The molecule has 0 aromatic carbocycles. The molecule has 1 aliphatic heterocycles. The molecular weight excluding hydrogens is 318 g/mol. The third-order valence-corrected chi connectivity index (χ3v) is 4.29. The summed E-state index contributed by atoms with van der Waals surface area (Å²) in [7, 11) is 0. The molecule has 1 fully saturated rings. The van der Waals surface area contributed by atoms with Crippen LogP contribution in [0.3, 0.4) is 0 Å². The molecule has 0 atom stereocenters. The molecule has 0 bridgehead atoms. The standard InChI is InChI=1S/C19H29N3O3/c1-5-21(14-15-7-6-10-20-13-15)17(23)16-8-11-22(12-9-16)18(24)25-19(2,3)4/h6-7,10,13,16H,5,8-9,11-12,14H2,1-4H3. The van der Waals surface area contributed by atoms with E-state index < -0.39 is 5.60 Å². The first kappa shape index (κ1) is 19.2. The SMILES string of the molecule is CCN(Cc1cccnc1)C(=O)C1CCN(C(=O)OC(C)(C)C)CC1. The van der Waals surface area contributed by atoms with Gasteiger partial charge in [0.1, 0.15) is 5.60 Å². The molecule has 25 heavy (non-hydrogen) atoms. The van der Waals surface area contributed by atoms with Gasteiger partial charge < -0.3 is 14.5 Å². The first-order valence-electron chi connectivity index (χ1n) is 8.95. The topological polar surface area (TPSA) is 62.7 Å². The first-order valence-corrected chi connectivity index (χ1v) is 8.95. The zero-order valence-electron chi connectivity index (χ0n) is 15.7. The number of rotatable bonds is 4. The second-order valence-corrected chi connectivity index (χ2v) is 7.46. The van der Waals surface area contributed by atoms with E-state index in [4.69, 9.17) is 4.74 Å². The molecule has 0 radical (unpaired) electrons. The van der Waals surface area contributed by atoms with Crippen molar-refractivity contribution in [2.75, 3.05) is 19.6 Å². The Morgan fingerprint density at radius 3 is 2.52 bits per heavy atom. The number of ether oxygens (including phenoxy) is 1. The lowest BCUT2D eigenvalue weighted by atomic mass is 9.95. The van der Waals surface area contributed by atoms with Crippen LogP contribution in [0.1, 0.15) is 46.1 Å². The van der Waals surface area contributed by atoms with Crippen LogP contribution in [0.2, 0.25) is 0 Å². The Morgan fingerprint density at radius 2 is 2.00 bits per heavy atom. The Balaban J connectivity index is 1.88. The maximum atomic E-state index is 12.8. The predicted octanol–water partition coefficient (Wildman–Crippen LogP) is 3.08. The quantitative estimate of drug-likeness (QED) is 0.840. The Morgan fingerprint density at radius 1 is 1.32 bits per heavy atom. The van der Waals surface area contributed by atoms with E-state index >= 15 is 0 Å². The molecule has 1 aromatic rings. The van der Waals surface area contributed by atoms with Crippen molar-refractivity contribution in [1.29, 1.82) is 0 Å². The van der Waals surface area contributed by atoms with Gasteiger partial charge in [-0.3, -0.25) is 9.78 Å². The van der Waals surface area contributed by atoms with Crippen LogP contribution in [0.4, 0.5) is 4.79 Å². The van der Waals surface area contributed by atoms with Crippen molar-refractivity contribution >= 4 is 12.0 Å². The Hall–Kier alpha value is -2.11. The first-order chi connectivity index (χ1) is 11.8. The fourth-order valence-electron chi connectivity index (χ4n) is 2.95. The number of hydrogen-bond acceptors (Lipinski definition) is 4. The summed E-state index contributed by atoms with van der Waals surface area (Å²) in [6.45, 7) is 9.95. The number of carbonyl (C=O) groups is 2. The van der Waals surface area contributed by atoms with Crippen molar-refractivity contribution in [3.63, 3.8) is 0 Å². The molecule has 0 aliphatic carbocycles. The third kappa shape index (κ3) is 5.73. The van der Waals surface area contributed by atoms with Crippen molar-refractivity contribution in [1.82, 2.24) is 14.8 Å². The number of likely N-dealkylation sites (tertiary alicyclic amines) is 1. The molecule has 2 amide bonds. The molecule has 138 valence electrons. The van der Waals surface area contributed by atoms with Crippen molar-refractivity contribution in [3.8, 4) is 0 Å². The number of nitrogens with zero attached hydrogens (tertiary/aromatic N) is 3. The van der Waals surface area contributed by atoms with Crippen LogP contribution < -0.4 is 0 Å². The summed E-state index contributed by atoms with van der Waals surface area (Å²) >= 11 is 0. The molecule has 0 saturated carbocycles. The lowest BCUT2D eigenvalue weighted by Gasteiger charge is -2.34. The van der Waals surface area contributed by atoms with E-state index in [0.717, 1.165) is 5.56 Å². The highest BCUT2D eigenvalue weighted by Gasteiger charge is 2.31. The van der Waals surface area contributed by atoms with E-state index in [2.05, 4.69) is 4.98 Å². The molecule has 0 N–H and O–H groups in total. The number of amides is 2. The second-order valence-electron chi connectivity index (χ2n) is 7.46. The fraction of sp³-hybridized carbons (Fsp3) is 0.632. The largest absolute Gasteiger partial charge is 0.444 e. The van der Waals surface area contributed by atoms with Gasteiger partial charge in [-0.1, -0.05) is 6.07 Å². The normalized spacial score (nSPS) is 15.8. The average Bonchev–Trinajstić information content (AvgIpc) is 2.58. The Labute approximate surface area is 150 Å². The van der Waals surface area contributed by atoms with Gasteiger partial charge >= 0.3 is 6.09 Å². The average molecular weight is 347 g/mol.